The smallest absolute Gasteiger partial charge is 0.257 e. The van der Waals surface area contributed by atoms with Gasteiger partial charge in [0.2, 0.25) is 0 Å². The number of hydrogen-bond donors (Lipinski definition) is 1. The Morgan fingerprint density at radius 3 is 2.68 bits per heavy atom. The fraction of sp³-hybridized carbons (Fsp3) is 0.143. The summed E-state index contributed by atoms with van der Waals surface area (Å²) >= 11 is 9.42. The maximum absolute atomic E-state index is 12.2. The molecule has 3 nitrogen and oxygen atoms in total. The molecule has 1 aromatic carbocycles. The molecule has 0 fully saturated rings. The number of nitrogens with zero attached hydrogens (tertiary/aromatic N) is 1. The highest BCUT2D eigenvalue weighted by Gasteiger charge is 2.13. The quantitative estimate of drug-likeness (QED) is 0.826. The Morgan fingerprint density at radius 2 is 2.00 bits per heavy atom. The molecule has 0 radical (unpaired) electrons. The lowest BCUT2D eigenvalue weighted by atomic mass is 10.1. The van der Waals surface area contributed by atoms with E-state index in [-0.39, 0.29) is 5.91 Å². The molecule has 1 amide bonds. The molecule has 1 N–H and O–H groups in total. The van der Waals surface area contributed by atoms with Crippen LogP contribution >= 0.6 is 27.5 Å². The molecule has 0 unspecified atom stereocenters. The molecule has 0 saturated heterocycles. The normalized spacial score (nSPS) is 10.3. The largest absolute Gasteiger partial charge is 0.320 e. The Bertz CT molecular complexity index is 643. The van der Waals surface area contributed by atoms with Crippen molar-refractivity contribution in [2.45, 2.75) is 13.8 Å². The van der Waals surface area contributed by atoms with Gasteiger partial charge in [-0.2, -0.15) is 0 Å². The number of rotatable bonds is 2. The maximum atomic E-state index is 12.2. The van der Waals surface area contributed by atoms with E-state index in [1.165, 1.54) is 0 Å². The zero-order valence-electron chi connectivity index (χ0n) is 10.5. The number of amides is 1. The first-order chi connectivity index (χ1) is 8.99. The van der Waals surface area contributed by atoms with Gasteiger partial charge in [-0.05, 0) is 53.5 Å². The number of halogens is 2. The minimum Gasteiger partial charge on any atom is -0.320 e. The molecule has 0 aliphatic carbocycles. The number of carbonyl (C=O) groups is 1. The Labute approximate surface area is 125 Å². The van der Waals surface area contributed by atoms with E-state index in [2.05, 4.69) is 26.2 Å². The maximum Gasteiger partial charge on any atom is 0.257 e. The van der Waals surface area contributed by atoms with Crippen LogP contribution in [0.25, 0.3) is 0 Å². The number of anilines is 1. The molecular formula is C14H12BrClN2O. The number of hydrogen-bond acceptors (Lipinski definition) is 2. The first kappa shape index (κ1) is 14.0. The van der Waals surface area contributed by atoms with Crippen LogP contribution in [0.4, 0.5) is 5.69 Å². The van der Waals surface area contributed by atoms with E-state index in [1.54, 1.807) is 18.2 Å². The van der Waals surface area contributed by atoms with Crippen LogP contribution in [0.15, 0.2) is 34.9 Å². The Balaban J connectivity index is 2.28. The van der Waals surface area contributed by atoms with Crippen LogP contribution in [0.1, 0.15) is 21.6 Å². The summed E-state index contributed by atoms with van der Waals surface area (Å²) in [5, 5.41) is 3.29. The third kappa shape index (κ3) is 3.14. The van der Waals surface area contributed by atoms with E-state index in [0.29, 0.717) is 16.3 Å². The van der Waals surface area contributed by atoms with Crippen LogP contribution < -0.4 is 5.32 Å². The fourth-order valence-electron chi connectivity index (χ4n) is 1.67. The Hall–Kier alpha value is -1.39. The highest BCUT2D eigenvalue weighted by Crippen LogP contribution is 2.22. The summed E-state index contributed by atoms with van der Waals surface area (Å²) in [4.78, 5) is 16.4. The van der Waals surface area contributed by atoms with Gasteiger partial charge in [-0.25, -0.2) is 4.98 Å². The third-order valence-corrected chi connectivity index (χ3v) is 3.68. The van der Waals surface area contributed by atoms with Gasteiger partial charge < -0.3 is 5.32 Å². The van der Waals surface area contributed by atoms with Gasteiger partial charge in [-0.15, -0.1) is 0 Å². The number of benzene rings is 1. The summed E-state index contributed by atoms with van der Waals surface area (Å²) in [6.45, 7) is 3.70. The first-order valence-corrected chi connectivity index (χ1v) is 6.85. The molecule has 0 aliphatic rings. The second-order valence-corrected chi connectivity index (χ2v) is 5.35. The van der Waals surface area contributed by atoms with Crippen molar-refractivity contribution in [3.63, 3.8) is 0 Å². The van der Waals surface area contributed by atoms with E-state index in [0.717, 1.165) is 15.9 Å². The lowest BCUT2D eigenvalue weighted by molar-refractivity contribution is 0.102. The van der Waals surface area contributed by atoms with Crippen LogP contribution in [-0.4, -0.2) is 10.9 Å². The third-order valence-electron chi connectivity index (χ3n) is 2.74. The molecule has 0 bridgehead atoms. The molecule has 1 aromatic heterocycles. The van der Waals surface area contributed by atoms with Crippen LogP contribution in [0.3, 0.4) is 0 Å². The van der Waals surface area contributed by atoms with Crippen molar-refractivity contribution in [1.29, 1.82) is 0 Å². The van der Waals surface area contributed by atoms with Crippen molar-refractivity contribution in [1.82, 2.24) is 4.98 Å². The van der Waals surface area contributed by atoms with Crippen molar-refractivity contribution >= 4 is 39.1 Å². The number of aryl methyl sites for hydroxylation is 2. The minimum atomic E-state index is -0.235. The Kier molecular flexibility index (Phi) is 4.22. The molecule has 2 rings (SSSR count). The average Bonchev–Trinajstić information content (AvgIpc) is 2.36. The first-order valence-electron chi connectivity index (χ1n) is 5.68. The molecule has 0 spiro atoms. The van der Waals surface area contributed by atoms with Crippen molar-refractivity contribution in [2.75, 3.05) is 5.32 Å². The van der Waals surface area contributed by atoms with Gasteiger partial charge >= 0.3 is 0 Å². The number of carbonyl (C=O) groups excluding carboxylic acids is 1. The van der Waals surface area contributed by atoms with E-state index in [1.807, 2.05) is 26.0 Å². The predicted octanol–water partition coefficient (Wildman–Crippen LogP) is 4.37. The van der Waals surface area contributed by atoms with Crippen LogP contribution in [0, 0.1) is 13.8 Å². The topological polar surface area (TPSA) is 42.0 Å². The van der Waals surface area contributed by atoms with Gasteiger partial charge in [0.05, 0.1) is 22.0 Å². The summed E-state index contributed by atoms with van der Waals surface area (Å²) in [6, 6.07) is 8.95. The Morgan fingerprint density at radius 1 is 1.26 bits per heavy atom. The zero-order chi connectivity index (χ0) is 14.0. The summed E-state index contributed by atoms with van der Waals surface area (Å²) in [5.41, 5.74) is 2.75. The second-order valence-electron chi connectivity index (χ2n) is 4.16. The van der Waals surface area contributed by atoms with Crippen molar-refractivity contribution in [3.05, 3.63) is 56.8 Å². The SMILES string of the molecule is Cc1cccc(C(=O)Nc2ccc(Br)nc2C)c1Cl. The molecule has 2 aromatic rings. The number of nitrogens with one attached hydrogen (secondary N) is 1. The minimum absolute atomic E-state index is 0.235. The van der Waals surface area contributed by atoms with E-state index in [4.69, 9.17) is 11.6 Å². The van der Waals surface area contributed by atoms with Gasteiger partial charge in [0.25, 0.3) is 5.91 Å². The second kappa shape index (κ2) is 5.72. The molecular weight excluding hydrogens is 328 g/mol. The summed E-state index contributed by atoms with van der Waals surface area (Å²) < 4.78 is 0.733. The molecule has 19 heavy (non-hydrogen) atoms. The highest BCUT2D eigenvalue weighted by atomic mass is 79.9. The fourth-order valence-corrected chi connectivity index (χ4v) is 2.28. The number of pyridine rings is 1. The van der Waals surface area contributed by atoms with Crippen LogP contribution in [-0.2, 0) is 0 Å². The predicted molar refractivity (Wildman–Crippen MR) is 80.8 cm³/mol. The summed E-state index contributed by atoms with van der Waals surface area (Å²) in [6.07, 6.45) is 0. The van der Waals surface area contributed by atoms with Crippen molar-refractivity contribution < 1.29 is 4.79 Å². The van der Waals surface area contributed by atoms with Gasteiger partial charge in [0.1, 0.15) is 4.60 Å². The molecule has 0 aliphatic heterocycles. The van der Waals surface area contributed by atoms with Gasteiger partial charge in [0, 0.05) is 0 Å². The van der Waals surface area contributed by atoms with Crippen LogP contribution in [0.2, 0.25) is 5.02 Å². The van der Waals surface area contributed by atoms with Crippen molar-refractivity contribution in [3.8, 4) is 0 Å². The molecule has 0 atom stereocenters. The van der Waals surface area contributed by atoms with Gasteiger partial charge in [-0.1, -0.05) is 23.7 Å². The van der Waals surface area contributed by atoms with Crippen LogP contribution in [0.5, 0.6) is 0 Å². The van der Waals surface area contributed by atoms with Gasteiger partial charge in [0.15, 0.2) is 0 Å². The van der Waals surface area contributed by atoms with E-state index < -0.39 is 0 Å². The number of aromatic nitrogens is 1. The molecule has 0 saturated carbocycles. The molecule has 5 heteroatoms. The lowest BCUT2D eigenvalue weighted by Crippen LogP contribution is -2.14. The standard InChI is InChI=1S/C14H12BrClN2O/c1-8-4-3-5-10(13(8)16)14(19)18-11-6-7-12(15)17-9(11)2/h3-7H,1-2H3,(H,18,19). The van der Waals surface area contributed by atoms with Crippen molar-refractivity contribution in [2.24, 2.45) is 0 Å². The molecule has 1 heterocycles. The summed E-state index contributed by atoms with van der Waals surface area (Å²) in [7, 11) is 0. The van der Waals surface area contributed by atoms with E-state index in [9.17, 15) is 4.79 Å². The average molecular weight is 340 g/mol. The monoisotopic (exact) mass is 338 g/mol. The van der Waals surface area contributed by atoms with E-state index >= 15 is 0 Å². The summed E-state index contributed by atoms with van der Waals surface area (Å²) in [5.74, 6) is -0.235. The highest BCUT2D eigenvalue weighted by molar-refractivity contribution is 9.10. The van der Waals surface area contributed by atoms with Gasteiger partial charge in [-0.3, -0.25) is 4.79 Å². The lowest BCUT2D eigenvalue weighted by Gasteiger charge is -2.10. The zero-order valence-corrected chi connectivity index (χ0v) is 12.8. The molecule has 98 valence electrons.